The van der Waals surface area contributed by atoms with E-state index in [4.69, 9.17) is 4.74 Å². The number of likely N-dealkylation sites (tertiary alicyclic amines) is 1. The summed E-state index contributed by atoms with van der Waals surface area (Å²) < 4.78 is 34.2. The summed E-state index contributed by atoms with van der Waals surface area (Å²) in [4.78, 5) is 10.4. The number of sulfonamides is 1. The number of aryl methyl sites for hydroxylation is 1. The van der Waals surface area contributed by atoms with Crippen molar-refractivity contribution in [2.75, 3.05) is 51.7 Å². The fourth-order valence-electron chi connectivity index (χ4n) is 6.23. The van der Waals surface area contributed by atoms with Crippen molar-refractivity contribution in [1.29, 1.82) is 0 Å². The highest BCUT2D eigenvalue weighted by molar-refractivity contribution is 7.89. The molecule has 0 radical (unpaired) electrons. The molecule has 0 bridgehead atoms. The van der Waals surface area contributed by atoms with E-state index in [0.717, 1.165) is 53.9 Å². The van der Waals surface area contributed by atoms with Crippen LogP contribution < -0.4 is 0 Å². The molecule has 2 aliphatic heterocycles. The Kier molecular flexibility index (Phi) is 7.22. The minimum Gasteiger partial charge on any atom is -0.379 e. The Balaban J connectivity index is 1.18. The molecule has 2 aliphatic rings. The number of nitrogens with one attached hydrogen (secondary N) is 1. The molecule has 2 fully saturated rings. The first kappa shape index (κ1) is 26.4. The number of hydrogen-bond donors (Lipinski definition) is 1. The minimum absolute atomic E-state index is 0.188. The number of benzene rings is 1. The van der Waals surface area contributed by atoms with Crippen LogP contribution in [0.1, 0.15) is 55.2 Å². The van der Waals surface area contributed by atoms with Crippen LogP contribution >= 0.6 is 0 Å². The van der Waals surface area contributed by atoms with Gasteiger partial charge in [0, 0.05) is 42.3 Å². The second kappa shape index (κ2) is 10.6. The van der Waals surface area contributed by atoms with Gasteiger partial charge in [-0.05, 0) is 79.6 Å². The zero-order valence-electron chi connectivity index (χ0n) is 23.1. The van der Waals surface area contributed by atoms with Crippen LogP contribution in [0.15, 0.2) is 36.8 Å². The van der Waals surface area contributed by atoms with Gasteiger partial charge >= 0.3 is 0 Å². The third kappa shape index (κ3) is 5.23. The number of ether oxygens (including phenoxy) is 1. The topological polar surface area (TPSA) is 95.8 Å². The molecule has 5 heterocycles. The quantitative estimate of drug-likeness (QED) is 0.371. The lowest BCUT2D eigenvalue weighted by Gasteiger charge is -2.33. The lowest BCUT2D eigenvalue weighted by Crippen LogP contribution is -2.44. The number of piperidine rings is 1. The van der Waals surface area contributed by atoms with Gasteiger partial charge in [-0.3, -0.25) is 0 Å². The third-order valence-electron chi connectivity index (χ3n) is 8.38. The van der Waals surface area contributed by atoms with E-state index < -0.39 is 10.0 Å². The molecule has 2 saturated heterocycles. The summed E-state index contributed by atoms with van der Waals surface area (Å²) in [5.74, 6) is 1.02. The van der Waals surface area contributed by atoms with E-state index in [-0.39, 0.29) is 5.75 Å². The maximum Gasteiger partial charge on any atom is 0.215 e. The van der Waals surface area contributed by atoms with E-state index in [1.54, 1.807) is 10.6 Å². The van der Waals surface area contributed by atoms with E-state index in [1.807, 2.05) is 4.52 Å². The van der Waals surface area contributed by atoms with Crippen LogP contribution in [0.2, 0.25) is 0 Å². The Hall–Kier alpha value is -2.79. The summed E-state index contributed by atoms with van der Waals surface area (Å²) in [6, 6.07) is 9.06. The lowest BCUT2D eigenvalue weighted by atomic mass is 9.87. The number of rotatable bonds is 7. The fraction of sp³-hybridized carbons (Fsp3) is 0.517. The van der Waals surface area contributed by atoms with Crippen LogP contribution in [0.4, 0.5) is 0 Å². The molecule has 0 amide bonds. The van der Waals surface area contributed by atoms with E-state index in [1.165, 1.54) is 16.5 Å². The van der Waals surface area contributed by atoms with Gasteiger partial charge < -0.3 is 14.6 Å². The molecule has 0 unspecified atom stereocenters. The average Bonchev–Trinajstić information content (AvgIpc) is 3.58. The van der Waals surface area contributed by atoms with E-state index >= 15 is 0 Å². The standard InChI is InChI=1S/C29H38N6O3S/c1-20(2)27-25-17-23(4-5-26(25)32-28(27)24-16-21(3)29-30-19-31-35(29)18-24)22-6-8-33(9-7-22)12-15-39(36,37)34-10-13-38-14-11-34/h4-5,16-20,22,32H,6-15H2,1-3H3. The molecule has 1 N–H and O–H groups in total. The molecule has 0 saturated carbocycles. The van der Waals surface area contributed by atoms with Crippen LogP contribution in [0.3, 0.4) is 0 Å². The van der Waals surface area contributed by atoms with Crippen molar-refractivity contribution in [1.82, 2.24) is 28.8 Å². The maximum absolute atomic E-state index is 12.7. The lowest BCUT2D eigenvalue weighted by molar-refractivity contribution is 0.0728. The highest BCUT2D eigenvalue weighted by Gasteiger charge is 2.27. The number of aromatic nitrogens is 4. The number of hydrogen-bond acceptors (Lipinski definition) is 6. The Labute approximate surface area is 230 Å². The zero-order chi connectivity index (χ0) is 27.1. The van der Waals surface area contributed by atoms with Gasteiger partial charge in [0.1, 0.15) is 6.33 Å². The molecule has 208 valence electrons. The smallest absolute Gasteiger partial charge is 0.215 e. The third-order valence-corrected chi connectivity index (χ3v) is 10.2. The zero-order valence-corrected chi connectivity index (χ0v) is 23.9. The SMILES string of the molecule is Cc1cc(-c2[nH]c3ccc(C4CCN(CCS(=O)(=O)N5CCOCC5)CC4)cc3c2C(C)C)cn2ncnc12. The summed E-state index contributed by atoms with van der Waals surface area (Å²) in [7, 11) is -3.22. The summed E-state index contributed by atoms with van der Waals surface area (Å²) in [6.07, 6.45) is 5.74. The number of fused-ring (bicyclic) bond motifs is 2. The van der Waals surface area contributed by atoms with Crippen molar-refractivity contribution in [3.8, 4) is 11.3 Å². The molecule has 1 aromatic carbocycles. The predicted molar refractivity (Wildman–Crippen MR) is 154 cm³/mol. The molecule has 9 nitrogen and oxygen atoms in total. The number of aromatic amines is 1. The van der Waals surface area contributed by atoms with Crippen LogP contribution in [0, 0.1) is 6.92 Å². The molecule has 3 aromatic heterocycles. The number of pyridine rings is 1. The van der Waals surface area contributed by atoms with Gasteiger partial charge in [-0.15, -0.1) is 0 Å². The van der Waals surface area contributed by atoms with Gasteiger partial charge in [-0.2, -0.15) is 9.40 Å². The monoisotopic (exact) mass is 550 g/mol. The molecule has 0 atom stereocenters. The molecular weight excluding hydrogens is 512 g/mol. The molecular formula is C29H38N6O3S. The van der Waals surface area contributed by atoms with Gasteiger partial charge in [0.05, 0.1) is 24.7 Å². The number of morpholine rings is 1. The number of nitrogens with zero attached hydrogens (tertiary/aromatic N) is 5. The van der Waals surface area contributed by atoms with Gasteiger partial charge in [0.2, 0.25) is 10.0 Å². The van der Waals surface area contributed by atoms with Crippen molar-refractivity contribution in [3.63, 3.8) is 0 Å². The molecule has 0 aliphatic carbocycles. The summed E-state index contributed by atoms with van der Waals surface area (Å²) in [5, 5.41) is 5.66. The Morgan fingerprint density at radius 1 is 1.10 bits per heavy atom. The Morgan fingerprint density at radius 2 is 1.87 bits per heavy atom. The van der Waals surface area contributed by atoms with Crippen LogP contribution in [0.25, 0.3) is 27.8 Å². The number of H-pyrrole nitrogens is 1. The van der Waals surface area contributed by atoms with Gasteiger partial charge in [0.15, 0.2) is 5.65 Å². The van der Waals surface area contributed by atoms with Crippen molar-refractivity contribution in [2.45, 2.75) is 45.4 Å². The summed E-state index contributed by atoms with van der Waals surface area (Å²) in [5.41, 5.74) is 8.10. The molecule has 0 spiro atoms. The molecule has 6 rings (SSSR count). The second-order valence-corrected chi connectivity index (χ2v) is 13.3. The van der Waals surface area contributed by atoms with Gasteiger partial charge in [0.25, 0.3) is 0 Å². The highest BCUT2D eigenvalue weighted by atomic mass is 32.2. The highest BCUT2D eigenvalue weighted by Crippen LogP contribution is 2.38. The largest absolute Gasteiger partial charge is 0.379 e. The summed E-state index contributed by atoms with van der Waals surface area (Å²) >= 11 is 0. The Morgan fingerprint density at radius 3 is 2.62 bits per heavy atom. The van der Waals surface area contributed by atoms with E-state index in [2.05, 4.69) is 71.2 Å². The maximum atomic E-state index is 12.7. The second-order valence-electron chi connectivity index (χ2n) is 11.3. The summed E-state index contributed by atoms with van der Waals surface area (Å²) in [6.45, 7) is 11.0. The van der Waals surface area contributed by atoms with Crippen molar-refractivity contribution in [2.24, 2.45) is 0 Å². The first-order valence-electron chi connectivity index (χ1n) is 14.0. The van der Waals surface area contributed by atoms with Crippen LogP contribution in [-0.4, -0.2) is 88.9 Å². The van der Waals surface area contributed by atoms with Crippen molar-refractivity contribution < 1.29 is 13.2 Å². The van der Waals surface area contributed by atoms with Crippen LogP contribution in [-0.2, 0) is 14.8 Å². The van der Waals surface area contributed by atoms with Crippen molar-refractivity contribution in [3.05, 3.63) is 53.5 Å². The Bertz CT molecular complexity index is 1580. The molecule has 10 heteroatoms. The van der Waals surface area contributed by atoms with Gasteiger partial charge in [-0.1, -0.05) is 19.9 Å². The predicted octanol–water partition coefficient (Wildman–Crippen LogP) is 4.15. The first-order chi connectivity index (χ1) is 18.8. The fourth-order valence-corrected chi connectivity index (χ4v) is 7.68. The molecule has 4 aromatic rings. The molecule has 39 heavy (non-hydrogen) atoms. The first-order valence-corrected chi connectivity index (χ1v) is 15.6. The normalized spacial score (nSPS) is 18.6. The van der Waals surface area contributed by atoms with E-state index in [0.29, 0.717) is 44.7 Å². The minimum atomic E-state index is -3.22. The van der Waals surface area contributed by atoms with Crippen molar-refractivity contribution >= 4 is 26.6 Å². The van der Waals surface area contributed by atoms with Crippen LogP contribution in [0.5, 0.6) is 0 Å². The van der Waals surface area contributed by atoms with E-state index in [9.17, 15) is 8.42 Å². The average molecular weight is 551 g/mol. The van der Waals surface area contributed by atoms with Gasteiger partial charge in [-0.25, -0.2) is 17.9 Å².